The fourth-order valence-electron chi connectivity index (χ4n) is 2.21. The quantitative estimate of drug-likeness (QED) is 0.806. The Balaban J connectivity index is 2.06. The van der Waals surface area contributed by atoms with Crippen LogP contribution >= 0.6 is 0 Å². The van der Waals surface area contributed by atoms with Crippen LogP contribution in [0.1, 0.15) is 19.4 Å². The zero-order chi connectivity index (χ0) is 12.9. The number of nitrogens with zero attached hydrogens (tertiary/aromatic N) is 1. The summed E-state index contributed by atoms with van der Waals surface area (Å²) < 4.78 is 5.69. The van der Waals surface area contributed by atoms with Gasteiger partial charge in [-0.15, -0.1) is 0 Å². The van der Waals surface area contributed by atoms with Crippen molar-refractivity contribution >= 4 is 10.9 Å². The normalized spacial score (nSPS) is 18.7. The molecular weight excluding hydrogens is 230 g/mol. The molecule has 0 saturated heterocycles. The standard InChI is InChI=1S/C14H15NO3/c1-14(2,17)12-7-9-5-8-6-10(16)3-4-11(8)15-13(9)18-12/h3-6,12,16-17H,7H2,1-2H3. The molecule has 1 aromatic heterocycles. The van der Waals surface area contributed by atoms with Gasteiger partial charge in [0, 0.05) is 17.4 Å². The van der Waals surface area contributed by atoms with Crippen molar-refractivity contribution in [1.82, 2.24) is 4.98 Å². The molecule has 0 bridgehead atoms. The number of hydrogen-bond acceptors (Lipinski definition) is 4. The Labute approximate surface area is 105 Å². The highest BCUT2D eigenvalue weighted by Crippen LogP contribution is 2.34. The van der Waals surface area contributed by atoms with Crippen molar-refractivity contribution in [3.63, 3.8) is 0 Å². The lowest BCUT2D eigenvalue weighted by Gasteiger charge is -2.24. The molecular formula is C14H15NO3. The summed E-state index contributed by atoms with van der Waals surface area (Å²) in [5.74, 6) is 0.808. The molecule has 1 unspecified atom stereocenters. The van der Waals surface area contributed by atoms with E-state index in [9.17, 15) is 10.2 Å². The largest absolute Gasteiger partial charge is 0.508 e. The monoisotopic (exact) mass is 245 g/mol. The predicted octanol–water partition coefficient (Wildman–Crippen LogP) is 2.01. The number of benzene rings is 1. The highest BCUT2D eigenvalue weighted by molar-refractivity contribution is 5.81. The van der Waals surface area contributed by atoms with E-state index in [4.69, 9.17) is 4.74 Å². The smallest absolute Gasteiger partial charge is 0.217 e. The first-order chi connectivity index (χ1) is 8.43. The highest BCUT2D eigenvalue weighted by atomic mass is 16.5. The van der Waals surface area contributed by atoms with Crippen LogP contribution in [-0.4, -0.2) is 26.9 Å². The van der Waals surface area contributed by atoms with Crippen molar-refractivity contribution in [2.45, 2.75) is 32.0 Å². The van der Waals surface area contributed by atoms with Gasteiger partial charge in [-0.25, -0.2) is 4.98 Å². The zero-order valence-corrected chi connectivity index (χ0v) is 10.3. The van der Waals surface area contributed by atoms with Crippen LogP contribution in [0.2, 0.25) is 0 Å². The SMILES string of the molecule is CC(C)(O)C1Cc2cc3cc(O)ccc3nc2O1. The first-order valence-electron chi connectivity index (χ1n) is 5.95. The Hall–Kier alpha value is -1.81. The van der Waals surface area contributed by atoms with E-state index >= 15 is 0 Å². The Kier molecular flexibility index (Phi) is 2.25. The number of phenols is 1. The van der Waals surface area contributed by atoms with Crippen LogP contribution in [0, 0.1) is 0 Å². The van der Waals surface area contributed by atoms with E-state index in [0.717, 1.165) is 16.5 Å². The van der Waals surface area contributed by atoms with Crippen LogP contribution in [-0.2, 0) is 6.42 Å². The van der Waals surface area contributed by atoms with Gasteiger partial charge in [0.2, 0.25) is 5.88 Å². The second-order valence-electron chi connectivity index (χ2n) is 5.29. The van der Waals surface area contributed by atoms with Gasteiger partial charge in [-0.2, -0.15) is 0 Å². The molecule has 0 saturated carbocycles. The van der Waals surface area contributed by atoms with Gasteiger partial charge in [0.15, 0.2) is 0 Å². The van der Waals surface area contributed by atoms with Gasteiger partial charge in [0.25, 0.3) is 0 Å². The molecule has 2 heterocycles. The maximum atomic E-state index is 9.98. The average molecular weight is 245 g/mol. The number of rotatable bonds is 1. The second kappa shape index (κ2) is 3.59. The van der Waals surface area contributed by atoms with Crippen molar-refractivity contribution in [3.8, 4) is 11.6 Å². The zero-order valence-electron chi connectivity index (χ0n) is 10.3. The van der Waals surface area contributed by atoms with Crippen LogP contribution < -0.4 is 4.74 Å². The third-order valence-electron chi connectivity index (χ3n) is 3.28. The summed E-state index contributed by atoms with van der Waals surface area (Å²) in [7, 11) is 0. The Morgan fingerprint density at radius 1 is 1.33 bits per heavy atom. The number of aromatic nitrogens is 1. The number of fused-ring (bicyclic) bond motifs is 2. The molecule has 2 N–H and O–H groups in total. The molecule has 0 spiro atoms. The fourth-order valence-corrected chi connectivity index (χ4v) is 2.21. The molecule has 18 heavy (non-hydrogen) atoms. The molecule has 1 aromatic carbocycles. The van der Waals surface area contributed by atoms with Gasteiger partial charge < -0.3 is 14.9 Å². The summed E-state index contributed by atoms with van der Waals surface area (Å²) in [4.78, 5) is 4.42. The van der Waals surface area contributed by atoms with Gasteiger partial charge in [0.05, 0.1) is 11.1 Å². The van der Waals surface area contributed by atoms with Crippen LogP contribution in [0.5, 0.6) is 11.6 Å². The molecule has 0 amide bonds. The summed E-state index contributed by atoms with van der Waals surface area (Å²) in [6.45, 7) is 3.46. The van der Waals surface area contributed by atoms with Gasteiger partial charge in [-0.05, 0) is 38.1 Å². The molecule has 1 atom stereocenters. The lowest BCUT2D eigenvalue weighted by molar-refractivity contribution is -0.0242. The molecule has 4 nitrogen and oxygen atoms in total. The third kappa shape index (κ3) is 1.78. The average Bonchev–Trinajstić information content (AvgIpc) is 2.68. The Morgan fingerprint density at radius 3 is 2.83 bits per heavy atom. The number of pyridine rings is 1. The van der Waals surface area contributed by atoms with E-state index in [2.05, 4.69) is 4.98 Å². The van der Waals surface area contributed by atoms with Crippen molar-refractivity contribution in [2.24, 2.45) is 0 Å². The second-order valence-corrected chi connectivity index (χ2v) is 5.29. The molecule has 3 rings (SSSR count). The number of ether oxygens (including phenoxy) is 1. The van der Waals surface area contributed by atoms with Gasteiger partial charge in [0.1, 0.15) is 11.9 Å². The topological polar surface area (TPSA) is 62.6 Å². The number of aliphatic hydroxyl groups is 1. The lowest BCUT2D eigenvalue weighted by Crippen LogP contribution is -2.39. The molecule has 0 fully saturated rings. The summed E-state index contributed by atoms with van der Waals surface area (Å²) in [5, 5.41) is 20.3. The molecule has 4 heteroatoms. The van der Waals surface area contributed by atoms with Crippen LogP contribution in [0.4, 0.5) is 0 Å². The first kappa shape index (κ1) is 11.3. The van der Waals surface area contributed by atoms with Crippen molar-refractivity contribution in [3.05, 3.63) is 29.8 Å². The lowest BCUT2D eigenvalue weighted by atomic mass is 9.97. The number of phenolic OH excluding ortho intramolecular Hbond substituents is 1. The van der Waals surface area contributed by atoms with Gasteiger partial charge >= 0.3 is 0 Å². The number of aromatic hydroxyl groups is 1. The van der Waals surface area contributed by atoms with E-state index in [0.29, 0.717) is 12.3 Å². The minimum absolute atomic E-state index is 0.224. The molecule has 1 aliphatic rings. The van der Waals surface area contributed by atoms with Crippen LogP contribution in [0.15, 0.2) is 24.3 Å². The van der Waals surface area contributed by atoms with Crippen molar-refractivity contribution < 1.29 is 14.9 Å². The Bertz CT molecular complexity index is 616. The highest BCUT2D eigenvalue weighted by Gasteiger charge is 2.35. The van der Waals surface area contributed by atoms with Crippen LogP contribution in [0.25, 0.3) is 10.9 Å². The molecule has 2 aromatic rings. The van der Waals surface area contributed by atoms with Crippen molar-refractivity contribution in [1.29, 1.82) is 0 Å². The summed E-state index contributed by atoms with van der Waals surface area (Å²) >= 11 is 0. The molecule has 94 valence electrons. The fraction of sp³-hybridized carbons (Fsp3) is 0.357. The van der Waals surface area contributed by atoms with E-state index in [1.807, 2.05) is 6.07 Å². The number of hydrogen-bond donors (Lipinski definition) is 2. The van der Waals surface area contributed by atoms with E-state index < -0.39 is 5.60 Å². The van der Waals surface area contributed by atoms with Crippen LogP contribution in [0.3, 0.4) is 0 Å². The van der Waals surface area contributed by atoms with E-state index in [-0.39, 0.29) is 11.9 Å². The van der Waals surface area contributed by atoms with Gasteiger partial charge in [-0.3, -0.25) is 0 Å². The third-order valence-corrected chi connectivity index (χ3v) is 3.28. The predicted molar refractivity (Wildman–Crippen MR) is 67.8 cm³/mol. The summed E-state index contributed by atoms with van der Waals surface area (Å²) in [6.07, 6.45) is 0.364. The van der Waals surface area contributed by atoms with E-state index in [1.54, 1.807) is 32.0 Å². The van der Waals surface area contributed by atoms with Crippen molar-refractivity contribution in [2.75, 3.05) is 0 Å². The summed E-state index contributed by atoms with van der Waals surface area (Å²) in [6, 6.07) is 7.00. The molecule has 0 radical (unpaired) electrons. The minimum Gasteiger partial charge on any atom is -0.508 e. The van der Waals surface area contributed by atoms with E-state index in [1.165, 1.54) is 0 Å². The summed E-state index contributed by atoms with van der Waals surface area (Å²) in [5.41, 5.74) is 0.859. The Morgan fingerprint density at radius 2 is 2.11 bits per heavy atom. The minimum atomic E-state index is -0.894. The molecule has 1 aliphatic heterocycles. The maximum Gasteiger partial charge on any atom is 0.217 e. The maximum absolute atomic E-state index is 9.98. The van der Waals surface area contributed by atoms with Gasteiger partial charge in [-0.1, -0.05) is 0 Å². The molecule has 0 aliphatic carbocycles. The first-order valence-corrected chi connectivity index (χ1v) is 5.95.